The molecule has 0 spiro atoms. The van der Waals surface area contributed by atoms with Crippen molar-refractivity contribution in [1.29, 1.82) is 0 Å². The molecular weight excluding hydrogens is 232 g/mol. The number of nitrogens with zero attached hydrogens (tertiary/aromatic N) is 1. The van der Waals surface area contributed by atoms with E-state index < -0.39 is 0 Å². The third kappa shape index (κ3) is 4.46. The van der Waals surface area contributed by atoms with Gasteiger partial charge in [0.2, 0.25) is 0 Å². The Morgan fingerprint density at radius 1 is 1.16 bits per heavy atom. The maximum atomic E-state index is 3.85. The molecule has 1 saturated carbocycles. The summed E-state index contributed by atoms with van der Waals surface area (Å²) >= 11 is 0. The molecule has 1 aliphatic carbocycles. The van der Waals surface area contributed by atoms with Gasteiger partial charge in [-0.3, -0.25) is 4.90 Å². The van der Waals surface area contributed by atoms with Crippen molar-refractivity contribution in [2.24, 2.45) is 5.92 Å². The molecule has 0 aromatic carbocycles. The van der Waals surface area contributed by atoms with Crippen molar-refractivity contribution in [3.63, 3.8) is 0 Å². The smallest absolute Gasteiger partial charge is 0.0306 e. The van der Waals surface area contributed by atoms with Crippen molar-refractivity contribution in [3.05, 3.63) is 0 Å². The summed E-state index contributed by atoms with van der Waals surface area (Å²) in [6.45, 7) is 11.0. The fourth-order valence-electron chi connectivity index (χ4n) is 3.52. The van der Waals surface area contributed by atoms with Crippen molar-refractivity contribution < 1.29 is 0 Å². The second kappa shape index (κ2) is 7.08. The summed E-state index contributed by atoms with van der Waals surface area (Å²) < 4.78 is 0. The molecule has 112 valence electrons. The molecule has 2 aliphatic rings. The van der Waals surface area contributed by atoms with Gasteiger partial charge in [-0.15, -0.1) is 0 Å². The lowest BCUT2D eigenvalue weighted by molar-refractivity contribution is 0.0571. The highest BCUT2D eigenvalue weighted by molar-refractivity contribution is 4.95. The maximum absolute atomic E-state index is 3.85. The minimum atomic E-state index is 0.324. The zero-order valence-corrected chi connectivity index (χ0v) is 13.4. The molecule has 0 amide bonds. The van der Waals surface area contributed by atoms with Crippen LogP contribution in [0.2, 0.25) is 0 Å². The van der Waals surface area contributed by atoms with Gasteiger partial charge in [-0.05, 0) is 71.5 Å². The predicted molar refractivity (Wildman–Crippen MR) is 83.5 cm³/mol. The van der Waals surface area contributed by atoms with E-state index >= 15 is 0 Å². The number of nitrogens with one attached hydrogen (secondary N) is 1. The maximum Gasteiger partial charge on any atom is 0.0306 e. The minimum absolute atomic E-state index is 0.324. The van der Waals surface area contributed by atoms with E-state index in [1.807, 2.05) is 0 Å². The second-order valence-electron chi connectivity index (χ2n) is 7.23. The van der Waals surface area contributed by atoms with Crippen LogP contribution in [0, 0.1) is 5.92 Å². The summed E-state index contributed by atoms with van der Waals surface area (Å²) in [5.74, 6) is 1.06. The lowest BCUT2D eigenvalue weighted by Gasteiger charge is -2.46. The molecule has 0 aromatic rings. The summed E-state index contributed by atoms with van der Waals surface area (Å²) in [6, 6.07) is 0.672. The first-order valence-electron chi connectivity index (χ1n) is 8.63. The lowest BCUT2D eigenvalue weighted by Crippen LogP contribution is -2.59. The molecule has 2 fully saturated rings. The van der Waals surface area contributed by atoms with Crippen molar-refractivity contribution in [1.82, 2.24) is 10.2 Å². The average molecular weight is 266 g/mol. The standard InChI is InChI=1S/C17H34N2/c1-4-12-18-16(11-10-15-8-9-15)17(2,3)19-13-6-5-7-14-19/h15-16,18H,4-14H2,1-3H3. The van der Waals surface area contributed by atoms with Crippen LogP contribution in [0.4, 0.5) is 0 Å². The zero-order chi connectivity index (χ0) is 13.7. The van der Waals surface area contributed by atoms with Crippen LogP contribution in [0.5, 0.6) is 0 Å². The number of piperidine rings is 1. The molecule has 0 bridgehead atoms. The predicted octanol–water partition coefficient (Wildman–Crippen LogP) is 3.81. The van der Waals surface area contributed by atoms with Crippen LogP contribution >= 0.6 is 0 Å². The number of rotatable bonds is 8. The highest BCUT2D eigenvalue weighted by Gasteiger charge is 2.36. The Bertz CT molecular complexity index is 252. The Morgan fingerprint density at radius 3 is 2.42 bits per heavy atom. The molecule has 19 heavy (non-hydrogen) atoms. The summed E-state index contributed by atoms with van der Waals surface area (Å²) in [5.41, 5.74) is 0.324. The van der Waals surface area contributed by atoms with Crippen LogP contribution in [0.25, 0.3) is 0 Å². The molecule has 0 aromatic heterocycles. The van der Waals surface area contributed by atoms with Crippen molar-refractivity contribution >= 4 is 0 Å². The monoisotopic (exact) mass is 266 g/mol. The first-order valence-corrected chi connectivity index (χ1v) is 8.63. The molecule has 1 unspecified atom stereocenters. The van der Waals surface area contributed by atoms with Crippen molar-refractivity contribution in [2.45, 2.75) is 83.7 Å². The van der Waals surface area contributed by atoms with Crippen LogP contribution in [0.3, 0.4) is 0 Å². The average Bonchev–Trinajstić information content (AvgIpc) is 3.23. The molecule has 2 nitrogen and oxygen atoms in total. The molecule has 2 heteroatoms. The van der Waals surface area contributed by atoms with E-state index in [2.05, 4.69) is 31.0 Å². The topological polar surface area (TPSA) is 15.3 Å². The van der Waals surface area contributed by atoms with Gasteiger partial charge in [0.15, 0.2) is 0 Å². The van der Waals surface area contributed by atoms with E-state index in [1.54, 1.807) is 0 Å². The van der Waals surface area contributed by atoms with Gasteiger partial charge in [0.1, 0.15) is 0 Å². The summed E-state index contributed by atoms with van der Waals surface area (Å²) in [5, 5.41) is 3.85. The highest BCUT2D eigenvalue weighted by atomic mass is 15.2. The zero-order valence-electron chi connectivity index (χ0n) is 13.4. The van der Waals surface area contributed by atoms with Gasteiger partial charge in [0.05, 0.1) is 0 Å². The van der Waals surface area contributed by atoms with E-state index in [4.69, 9.17) is 0 Å². The first kappa shape index (κ1) is 15.3. The van der Waals surface area contributed by atoms with Gasteiger partial charge >= 0.3 is 0 Å². The van der Waals surface area contributed by atoms with Crippen LogP contribution < -0.4 is 5.32 Å². The highest BCUT2D eigenvalue weighted by Crippen LogP contribution is 2.36. The molecule has 1 atom stereocenters. The third-order valence-electron chi connectivity index (χ3n) is 5.23. The summed E-state index contributed by atoms with van der Waals surface area (Å²) in [6.07, 6.45) is 11.3. The lowest BCUT2D eigenvalue weighted by atomic mass is 9.86. The second-order valence-corrected chi connectivity index (χ2v) is 7.23. The Labute approximate surface area is 120 Å². The molecular formula is C17H34N2. The fraction of sp³-hybridized carbons (Fsp3) is 1.00. The Hall–Kier alpha value is -0.0800. The molecule has 1 saturated heterocycles. The van der Waals surface area contributed by atoms with E-state index in [0.29, 0.717) is 11.6 Å². The van der Waals surface area contributed by atoms with Crippen LogP contribution in [0.1, 0.15) is 72.1 Å². The molecule has 1 aliphatic heterocycles. The Kier molecular flexibility index (Phi) is 5.70. The van der Waals surface area contributed by atoms with Gasteiger partial charge in [0.25, 0.3) is 0 Å². The van der Waals surface area contributed by atoms with Crippen molar-refractivity contribution in [2.75, 3.05) is 19.6 Å². The first-order chi connectivity index (χ1) is 9.14. The Balaban J connectivity index is 1.91. The van der Waals surface area contributed by atoms with Gasteiger partial charge in [-0.2, -0.15) is 0 Å². The molecule has 0 radical (unpaired) electrons. The minimum Gasteiger partial charge on any atom is -0.312 e. The number of hydrogen-bond donors (Lipinski definition) is 1. The van der Waals surface area contributed by atoms with Crippen LogP contribution in [-0.4, -0.2) is 36.1 Å². The number of likely N-dealkylation sites (tertiary alicyclic amines) is 1. The third-order valence-corrected chi connectivity index (χ3v) is 5.23. The van der Waals surface area contributed by atoms with Gasteiger partial charge in [-0.25, -0.2) is 0 Å². The fourth-order valence-corrected chi connectivity index (χ4v) is 3.52. The molecule has 1 heterocycles. The molecule has 1 N–H and O–H groups in total. The molecule has 2 rings (SSSR count). The summed E-state index contributed by atoms with van der Waals surface area (Å²) in [7, 11) is 0. The van der Waals surface area contributed by atoms with Crippen LogP contribution in [-0.2, 0) is 0 Å². The van der Waals surface area contributed by atoms with E-state index in [1.165, 1.54) is 71.0 Å². The van der Waals surface area contributed by atoms with Crippen LogP contribution in [0.15, 0.2) is 0 Å². The van der Waals surface area contributed by atoms with Gasteiger partial charge in [-0.1, -0.05) is 26.2 Å². The van der Waals surface area contributed by atoms with Gasteiger partial charge in [0, 0.05) is 11.6 Å². The SMILES string of the molecule is CCCNC(CCC1CC1)C(C)(C)N1CCCCC1. The number of hydrogen-bond acceptors (Lipinski definition) is 2. The van der Waals surface area contributed by atoms with Gasteiger partial charge < -0.3 is 5.32 Å². The normalized spacial score (nSPS) is 23.5. The quantitative estimate of drug-likeness (QED) is 0.718. The van der Waals surface area contributed by atoms with Crippen molar-refractivity contribution in [3.8, 4) is 0 Å². The largest absolute Gasteiger partial charge is 0.312 e. The van der Waals surface area contributed by atoms with E-state index in [9.17, 15) is 0 Å². The van der Waals surface area contributed by atoms with E-state index in [0.717, 1.165) is 5.92 Å². The Morgan fingerprint density at radius 2 is 1.84 bits per heavy atom. The van der Waals surface area contributed by atoms with E-state index in [-0.39, 0.29) is 0 Å². The summed E-state index contributed by atoms with van der Waals surface area (Å²) in [4.78, 5) is 2.75.